The zero-order valence-corrected chi connectivity index (χ0v) is 7.18. The number of aldehydes is 1. The molecule has 3 rings (SSSR count). The molecule has 3 aliphatic rings. The maximum absolute atomic E-state index is 10.8. The second-order valence-corrected chi connectivity index (χ2v) is 4.37. The average molecular weight is 163 g/mol. The predicted molar refractivity (Wildman–Crippen MR) is 44.2 cm³/mol. The fraction of sp³-hybridized carbons (Fsp3) is 0.800. The van der Waals surface area contributed by atoms with Gasteiger partial charge in [-0.05, 0) is 38.5 Å². The van der Waals surface area contributed by atoms with E-state index in [4.69, 9.17) is 5.26 Å². The lowest BCUT2D eigenvalue weighted by molar-refractivity contribution is -0.122. The minimum absolute atomic E-state index is 0.0292. The van der Waals surface area contributed by atoms with Gasteiger partial charge in [-0.2, -0.15) is 5.26 Å². The van der Waals surface area contributed by atoms with Crippen molar-refractivity contribution in [2.75, 3.05) is 0 Å². The molecule has 0 radical (unpaired) electrons. The number of rotatable bonds is 1. The molecule has 0 aromatic carbocycles. The van der Waals surface area contributed by atoms with Crippen molar-refractivity contribution in [1.29, 1.82) is 5.26 Å². The molecule has 0 unspecified atom stereocenters. The van der Waals surface area contributed by atoms with E-state index in [0.717, 1.165) is 44.8 Å². The smallest absolute Gasteiger partial charge is 0.126 e. The van der Waals surface area contributed by atoms with E-state index in [2.05, 4.69) is 6.07 Å². The van der Waals surface area contributed by atoms with Gasteiger partial charge in [0.1, 0.15) is 6.29 Å². The molecule has 0 N–H and O–H groups in total. The molecular formula is C10H13NO. The number of hydrogen-bond acceptors (Lipinski definition) is 2. The van der Waals surface area contributed by atoms with Gasteiger partial charge >= 0.3 is 0 Å². The fourth-order valence-electron chi connectivity index (χ4n) is 2.56. The Kier molecular flexibility index (Phi) is 1.51. The Bertz CT molecular complexity index is 227. The van der Waals surface area contributed by atoms with Gasteiger partial charge in [-0.3, -0.25) is 0 Å². The number of nitrogens with zero attached hydrogens (tertiary/aromatic N) is 1. The molecule has 0 heterocycles. The molecule has 0 aromatic rings. The largest absolute Gasteiger partial charge is 0.303 e. The van der Waals surface area contributed by atoms with Gasteiger partial charge in [-0.25, -0.2) is 0 Å². The molecule has 12 heavy (non-hydrogen) atoms. The highest BCUT2D eigenvalue weighted by Crippen LogP contribution is 2.55. The maximum atomic E-state index is 10.8. The molecular weight excluding hydrogens is 150 g/mol. The Balaban J connectivity index is 2.21. The average Bonchev–Trinajstić information content (AvgIpc) is 2.21. The molecule has 64 valence electrons. The summed E-state index contributed by atoms with van der Waals surface area (Å²) in [5.41, 5.74) is -0.0800. The summed E-state index contributed by atoms with van der Waals surface area (Å²) in [5, 5.41) is 8.98. The maximum Gasteiger partial charge on any atom is 0.126 e. The molecule has 0 aliphatic heterocycles. The summed E-state index contributed by atoms with van der Waals surface area (Å²) in [6, 6.07) is 2.43. The Morgan fingerprint density at radius 2 is 1.58 bits per heavy atom. The van der Waals surface area contributed by atoms with E-state index >= 15 is 0 Å². The lowest BCUT2D eigenvalue weighted by Crippen LogP contribution is -2.41. The summed E-state index contributed by atoms with van der Waals surface area (Å²) < 4.78 is 0. The van der Waals surface area contributed by atoms with Crippen LogP contribution in [0, 0.1) is 22.2 Å². The quantitative estimate of drug-likeness (QED) is 0.555. The van der Waals surface area contributed by atoms with Crippen molar-refractivity contribution in [2.45, 2.75) is 38.5 Å². The molecule has 0 saturated heterocycles. The first-order valence-electron chi connectivity index (χ1n) is 4.62. The molecule has 3 fully saturated rings. The van der Waals surface area contributed by atoms with Crippen LogP contribution in [-0.2, 0) is 4.79 Å². The van der Waals surface area contributed by atoms with Crippen molar-refractivity contribution in [3.05, 3.63) is 0 Å². The second-order valence-electron chi connectivity index (χ2n) is 4.37. The van der Waals surface area contributed by atoms with Crippen LogP contribution in [-0.4, -0.2) is 6.29 Å². The van der Waals surface area contributed by atoms with Gasteiger partial charge in [0.25, 0.3) is 0 Å². The number of carbonyl (C=O) groups excluding carboxylic acids is 1. The molecule has 0 spiro atoms. The number of carbonyl (C=O) groups is 1. The standard InChI is InChI=1S/C10H13NO/c11-7-9-1-4-10(8-12,5-2-9)6-3-9/h8H,1-6H2. The van der Waals surface area contributed by atoms with Crippen LogP contribution in [0.15, 0.2) is 0 Å². The van der Waals surface area contributed by atoms with Crippen LogP contribution in [0.3, 0.4) is 0 Å². The van der Waals surface area contributed by atoms with Gasteiger partial charge in [-0.15, -0.1) is 0 Å². The van der Waals surface area contributed by atoms with Crippen LogP contribution in [0.5, 0.6) is 0 Å². The highest BCUT2D eigenvalue weighted by Gasteiger charge is 2.48. The van der Waals surface area contributed by atoms with Crippen LogP contribution in [0.25, 0.3) is 0 Å². The van der Waals surface area contributed by atoms with Gasteiger partial charge in [-0.1, -0.05) is 0 Å². The van der Waals surface area contributed by atoms with E-state index in [0.29, 0.717) is 0 Å². The molecule has 3 aliphatic carbocycles. The molecule has 0 amide bonds. The summed E-state index contributed by atoms with van der Waals surface area (Å²) in [6.07, 6.45) is 6.82. The van der Waals surface area contributed by atoms with Crippen LogP contribution in [0.2, 0.25) is 0 Å². The minimum Gasteiger partial charge on any atom is -0.303 e. The lowest BCUT2D eigenvalue weighted by Gasteiger charge is -2.47. The molecule has 2 bridgehead atoms. The molecule has 2 nitrogen and oxygen atoms in total. The summed E-state index contributed by atoms with van der Waals surface area (Å²) in [7, 11) is 0. The van der Waals surface area contributed by atoms with E-state index in [1.54, 1.807) is 0 Å². The van der Waals surface area contributed by atoms with E-state index < -0.39 is 0 Å². The topological polar surface area (TPSA) is 40.9 Å². The van der Waals surface area contributed by atoms with Gasteiger partial charge in [0, 0.05) is 5.41 Å². The third-order valence-corrected chi connectivity index (χ3v) is 3.79. The highest BCUT2D eigenvalue weighted by atomic mass is 16.1. The van der Waals surface area contributed by atoms with Crippen LogP contribution < -0.4 is 0 Å². The minimum atomic E-state index is -0.0508. The van der Waals surface area contributed by atoms with E-state index in [1.807, 2.05) is 0 Å². The van der Waals surface area contributed by atoms with E-state index in [-0.39, 0.29) is 10.8 Å². The summed E-state index contributed by atoms with van der Waals surface area (Å²) >= 11 is 0. The van der Waals surface area contributed by atoms with Crippen molar-refractivity contribution in [2.24, 2.45) is 10.8 Å². The predicted octanol–water partition coefficient (Wildman–Crippen LogP) is 2.05. The molecule has 2 heteroatoms. The number of nitriles is 1. The van der Waals surface area contributed by atoms with Crippen molar-refractivity contribution < 1.29 is 4.79 Å². The lowest BCUT2D eigenvalue weighted by atomic mass is 9.55. The SMILES string of the molecule is N#CC12CCC(C=O)(CC1)CC2. The highest BCUT2D eigenvalue weighted by molar-refractivity contribution is 5.60. The fourth-order valence-corrected chi connectivity index (χ4v) is 2.56. The zero-order valence-electron chi connectivity index (χ0n) is 7.18. The van der Waals surface area contributed by atoms with Gasteiger partial charge in [0.2, 0.25) is 0 Å². The number of fused-ring (bicyclic) bond motifs is 3. The molecule has 0 aromatic heterocycles. The monoisotopic (exact) mass is 163 g/mol. The van der Waals surface area contributed by atoms with Crippen LogP contribution in [0.1, 0.15) is 38.5 Å². The van der Waals surface area contributed by atoms with Crippen LogP contribution >= 0.6 is 0 Å². The first kappa shape index (κ1) is 7.79. The summed E-state index contributed by atoms with van der Waals surface area (Å²) in [6.45, 7) is 0. The third kappa shape index (κ3) is 0.891. The summed E-state index contributed by atoms with van der Waals surface area (Å²) in [5.74, 6) is 0. The van der Waals surface area contributed by atoms with E-state index in [1.165, 1.54) is 0 Å². The summed E-state index contributed by atoms with van der Waals surface area (Å²) in [4.78, 5) is 10.8. The van der Waals surface area contributed by atoms with Crippen molar-refractivity contribution in [3.8, 4) is 6.07 Å². The van der Waals surface area contributed by atoms with Crippen molar-refractivity contribution >= 4 is 6.29 Å². The van der Waals surface area contributed by atoms with Crippen molar-refractivity contribution in [3.63, 3.8) is 0 Å². The third-order valence-electron chi connectivity index (χ3n) is 3.79. The van der Waals surface area contributed by atoms with Gasteiger partial charge in [0.15, 0.2) is 0 Å². The Hall–Kier alpha value is -0.840. The zero-order chi connectivity index (χ0) is 8.66. The number of hydrogen-bond donors (Lipinski definition) is 0. The molecule has 0 atom stereocenters. The Morgan fingerprint density at radius 3 is 1.92 bits per heavy atom. The molecule has 3 saturated carbocycles. The van der Waals surface area contributed by atoms with Crippen molar-refractivity contribution in [1.82, 2.24) is 0 Å². The Labute approximate surface area is 72.6 Å². The first-order valence-corrected chi connectivity index (χ1v) is 4.62. The van der Waals surface area contributed by atoms with Gasteiger partial charge in [0.05, 0.1) is 11.5 Å². The normalized spacial score (nSPS) is 45.2. The first-order chi connectivity index (χ1) is 5.74. The Morgan fingerprint density at radius 1 is 1.08 bits per heavy atom. The van der Waals surface area contributed by atoms with Gasteiger partial charge < -0.3 is 4.79 Å². The second kappa shape index (κ2) is 2.32. The van der Waals surface area contributed by atoms with E-state index in [9.17, 15) is 4.79 Å². The van der Waals surface area contributed by atoms with Crippen LogP contribution in [0.4, 0.5) is 0 Å².